The number of methoxy groups -OCH3 is 1. The molecule has 0 bridgehead atoms. The lowest BCUT2D eigenvalue weighted by Gasteiger charge is -2.26. The third-order valence-electron chi connectivity index (χ3n) is 6.03. The van der Waals surface area contributed by atoms with E-state index < -0.39 is 5.60 Å². The number of nitrogens with zero attached hydrogens (tertiary/aromatic N) is 2. The zero-order valence-electron chi connectivity index (χ0n) is 16.0. The van der Waals surface area contributed by atoms with Gasteiger partial charge in [0.15, 0.2) is 5.78 Å². The van der Waals surface area contributed by atoms with E-state index in [1.807, 2.05) is 24.3 Å². The number of Topliss-reactive ketones (excluding diaryl/α,β-unsaturated/α-hetero) is 1. The summed E-state index contributed by atoms with van der Waals surface area (Å²) < 4.78 is 5.19. The summed E-state index contributed by atoms with van der Waals surface area (Å²) in [6.45, 7) is 2.00. The highest BCUT2D eigenvalue weighted by Gasteiger charge is 2.48. The van der Waals surface area contributed by atoms with E-state index in [0.29, 0.717) is 30.5 Å². The second-order valence-electron chi connectivity index (χ2n) is 8.20. The molecule has 0 amide bonds. The maximum Gasteiger partial charge on any atom is 0.195 e. The van der Waals surface area contributed by atoms with E-state index in [1.54, 1.807) is 13.2 Å². The van der Waals surface area contributed by atoms with Crippen molar-refractivity contribution in [2.24, 2.45) is 11.8 Å². The number of ketones is 1. The fourth-order valence-corrected chi connectivity index (χ4v) is 4.79. The van der Waals surface area contributed by atoms with Crippen molar-refractivity contribution in [2.45, 2.75) is 24.9 Å². The van der Waals surface area contributed by atoms with Gasteiger partial charge in [0.05, 0.1) is 25.5 Å². The van der Waals surface area contributed by atoms with Crippen molar-refractivity contribution in [2.75, 3.05) is 26.7 Å². The van der Waals surface area contributed by atoms with Crippen molar-refractivity contribution in [1.29, 1.82) is 0 Å². The van der Waals surface area contributed by atoms with Gasteiger partial charge in [-0.2, -0.15) is 0 Å². The van der Waals surface area contributed by atoms with E-state index in [0.717, 1.165) is 37.2 Å². The van der Waals surface area contributed by atoms with Gasteiger partial charge >= 0.3 is 0 Å². The minimum atomic E-state index is -0.668. The number of carbonyl (C=O) groups is 1. The van der Waals surface area contributed by atoms with Crippen LogP contribution in [0.2, 0.25) is 0 Å². The lowest BCUT2D eigenvalue weighted by atomic mass is 9.91. The Bertz CT molecular complexity index is 821. The van der Waals surface area contributed by atoms with Crippen molar-refractivity contribution in [3.63, 3.8) is 0 Å². The maximum atomic E-state index is 12.4. The summed E-state index contributed by atoms with van der Waals surface area (Å²) in [5, 5.41) is 20.4. The summed E-state index contributed by atoms with van der Waals surface area (Å²) in [7, 11) is 1.65. The molecule has 6 nitrogen and oxygen atoms in total. The molecule has 1 aliphatic heterocycles. The van der Waals surface area contributed by atoms with Crippen molar-refractivity contribution in [3.8, 4) is 11.5 Å². The number of benzene rings is 1. The first-order chi connectivity index (χ1) is 13.4. The summed E-state index contributed by atoms with van der Waals surface area (Å²) >= 11 is 0. The van der Waals surface area contributed by atoms with Crippen molar-refractivity contribution >= 4 is 5.78 Å². The van der Waals surface area contributed by atoms with Crippen LogP contribution in [0, 0.1) is 11.8 Å². The first-order valence-electron chi connectivity index (χ1n) is 9.70. The summed E-state index contributed by atoms with van der Waals surface area (Å²) in [6, 6.07) is 10.9. The Hall–Kier alpha value is -2.44. The second-order valence-corrected chi connectivity index (χ2v) is 8.20. The number of hydrogen-bond acceptors (Lipinski definition) is 6. The molecule has 2 heterocycles. The zero-order valence-corrected chi connectivity index (χ0v) is 16.0. The largest absolute Gasteiger partial charge is 0.506 e. The Morgan fingerprint density at radius 2 is 1.86 bits per heavy atom. The quantitative estimate of drug-likeness (QED) is 0.746. The fourth-order valence-electron chi connectivity index (χ4n) is 4.79. The monoisotopic (exact) mass is 382 g/mol. The van der Waals surface area contributed by atoms with Crippen LogP contribution in [0.3, 0.4) is 0 Å². The summed E-state index contributed by atoms with van der Waals surface area (Å²) in [5.41, 5.74) is 0.831. The standard InChI is InChI=1S/C22H26N2O4/c1-28-19-5-2-15(3-6-19)8-22(27)9-16-12-24(13-17(16)10-22)14-21(26)20-7-4-18(25)11-23-20/h2-7,11,16-17,25,27H,8-10,12-14H2,1H3/t16-,17?,22-/m0/s1. The number of aromatic hydroxyl groups is 1. The van der Waals surface area contributed by atoms with Gasteiger partial charge in [0, 0.05) is 19.5 Å². The maximum absolute atomic E-state index is 12.4. The van der Waals surface area contributed by atoms with Crippen LogP contribution in [-0.4, -0.2) is 58.2 Å². The van der Waals surface area contributed by atoms with E-state index in [2.05, 4.69) is 9.88 Å². The van der Waals surface area contributed by atoms with E-state index in [-0.39, 0.29) is 11.5 Å². The van der Waals surface area contributed by atoms with E-state index in [4.69, 9.17) is 4.74 Å². The number of ether oxygens (including phenoxy) is 1. The lowest BCUT2D eigenvalue weighted by molar-refractivity contribution is 0.0355. The third kappa shape index (κ3) is 4.03. The Kier molecular flexibility index (Phi) is 5.08. The average Bonchev–Trinajstić information content (AvgIpc) is 3.16. The molecule has 0 radical (unpaired) electrons. The Morgan fingerprint density at radius 3 is 2.43 bits per heavy atom. The normalized spacial score (nSPS) is 26.9. The van der Waals surface area contributed by atoms with E-state index >= 15 is 0 Å². The molecule has 2 N–H and O–H groups in total. The Labute approximate surface area is 164 Å². The molecular formula is C22H26N2O4. The highest BCUT2D eigenvalue weighted by Crippen LogP contribution is 2.45. The summed E-state index contributed by atoms with van der Waals surface area (Å²) in [5.74, 6) is 1.69. The number of rotatable bonds is 6. The van der Waals surface area contributed by atoms with Gasteiger partial charge in [-0.1, -0.05) is 12.1 Å². The first kappa shape index (κ1) is 18.9. The minimum Gasteiger partial charge on any atom is -0.506 e. The van der Waals surface area contributed by atoms with E-state index in [1.165, 1.54) is 12.3 Å². The number of aliphatic hydroxyl groups is 1. The Balaban J connectivity index is 1.32. The molecule has 1 aromatic carbocycles. The molecule has 148 valence electrons. The molecule has 6 heteroatoms. The van der Waals surface area contributed by atoms with E-state index in [9.17, 15) is 15.0 Å². The molecule has 2 aromatic rings. The predicted octanol–water partition coefficient (Wildman–Crippen LogP) is 2.29. The number of likely N-dealkylation sites (tertiary alicyclic amines) is 1. The van der Waals surface area contributed by atoms with Crippen molar-refractivity contribution < 1.29 is 19.7 Å². The van der Waals surface area contributed by atoms with Crippen LogP contribution in [0.25, 0.3) is 0 Å². The van der Waals surface area contributed by atoms with Crippen LogP contribution in [0.4, 0.5) is 0 Å². The topological polar surface area (TPSA) is 82.9 Å². The summed E-state index contributed by atoms with van der Waals surface area (Å²) in [6.07, 6.45) is 3.49. The van der Waals surface area contributed by atoms with Gasteiger partial charge in [0.25, 0.3) is 0 Å². The third-order valence-corrected chi connectivity index (χ3v) is 6.03. The molecule has 1 saturated heterocycles. The fraction of sp³-hybridized carbons (Fsp3) is 0.455. The zero-order chi connectivity index (χ0) is 19.7. The highest BCUT2D eigenvalue weighted by molar-refractivity contribution is 5.95. The van der Waals surface area contributed by atoms with Crippen LogP contribution in [0.1, 0.15) is 28.9 Å². The van der Waals surface area contributed by atoms with Gasteiger partial charge in [-0.15, -0.1) is 0 Å². The Morgan fingerprint density at radius 1 is 1.18 bits per heavy atom. The molecular weight excluding hydrogens is 356 g/mol. The van der Waals surface area contributed by atoms with Gasteiger partial charge < -0.3 is 14.9 Å². The van der Waals surface area contributed by atoms with Crippen LogP contribution < -0.4 is 4.74 Å². The molecule has 2 fully saturated rings. The first-order valence-corrected chi connectivity index (χ1v) is 9.70. The number of pyridine rings is 1. The highest BCUT2D eigenvalue weighted by atomic mass is 16.5. The molecule has 2 aliphatic rings. The minimum absolute atomic E-state index is 0.0338. The van der Waals surface area contributed by atoms with Crippen LogP contribution in [-0.2, 0) is 6.42 Å². The number of aromatic nitrogens is 1. The molecule has 1 saturated carbocycles. The second kappa shape index (κ2) is 7.53. The lowest BCUT2D eigenvalue weighted by Crippen LogP contribution is -2.34. The molecule has 0 spiro atoms. The van der Waals surface area contributed by atoms with Gasteiger partial charge in [0.1, 0.15) is 17.2 Å². The van der Waals surface area contributed by atoms with Gasteiger partial charge in [-0.05, 0) is 54.5 Å². The van der Waals surface area contributed by atoms with Crippen molar-refractivity contribution in [3.05, 3.63) is 53.9 Å². The smallest absolute Gasteiger partial charge is 0.195 e. The molecule has 1 unspecified atom stereocenters. The average molecular weight is 382 g/mol. The number of hydrogen-bond donors (Lipinski definition) is 2. The van der Waals surface area contributed by atoms with Crippen LogP contribution >= 0.6 is 0 Å². The molecule has 1 aromatic heterocycles. The number of fused-ring (bicyclic) bond motifs is 1. The van der Waals surface area contributed by atoms with Crippen LogP contribution in [0.5, 0.6) is 11.5 Å². The van der Waals surface area contributed by atoms with Crippen LogP contribution in [0.15, 0.2) is 42.6 Å². The molecule has 1 aliphatic carbocycles. The van der Waals surface area contributed by atoms with Gasteiger partial charge in [-0.3, -0.25) is 9.69 Å². The molecule has 28 heavy (non-hydrogen) atoms. The predicted molar refractivity (Wildman–Crippen MR) is 105 cm³/mol. The summed E-state index contributed by atoms with van der Waals surface area (Å²) in [4.78, 5) is 18.6. The molecule has 3 atom stereocenters. The van der Waals surface area contributed by atoms with Crippen molar-refractivity contribution in [1.82, 2.24) is 9.88 Å². The number of carbonyl (C=O) groups excluding carboxylic acids is 1. The van der Waals surface area contributed by atoms with Gasteiger partial charge in [0.2, 0.25) is 0 Å². The van der Waals surface area contributed by atoms with Gasteiger partial charge in [-0.25, -0.2) is 4.98 Å². The SMILES string of the molecule is COc1ccc(C[C@@]2(O)CC3CN(CC(=O)c4ccc(O)cn4)C[C@@H]3C2)cc1. The molecule has 4 rings (SSSR count).